The summed E-state index contributed by atoms with van der Waals surface area (Å²) in [4.78, 5) is 22.8. The van der Waals surface area contributed by atoms with Gasteiger partial charge in [0.05, 0.1) is 6.04 Å². The molecule has 2 atom stereocenters. The molecule has 3 rings (SSSR count). The molecule has 1 aromatic heterocycles. The number of amides is 1. The molecule has 2 fully saturated rings. The van der Waals surface area contributed by atoms with E-state index in [9.17, 15) is 4.79 Å². The first kappa shape index (κ1) is 17.9. The number of carbonyl (C=O) groups is 1. The van der Waals surface area contributed by atoms with Crippen LogP contribution in [0.3, 0.4) is 0 Å². The minimum Gasteiger partial charge on any atom is -0.387 e. The zero-order valence-corrected chi connectivity index (χ0v) is 14.5. The number of rotatable bonds is 5. The summed E-state index contributed by atoms with van der Waals surface area (Å²) in [6, 6.07) is 0.0853. The summed E-state index contributed by atoms with van der Waals surface area (Å²) in [6.45, 7) is 5.28. The number of hydrogen-bond donors (Lipinski definition) is 2. The number of aliphatic hydroxyl groups excluding tert-OH is 1. The Labute approximate surface area is 143 Å². The van der Waals surface area contributed by atoms with Gasteiger partial charge in [0.15, 0.2) is 0 Å². The van der Waals surface area contributed by atoms with E-state index >= 15 is 0 Å². The van der Waals surface area contributed by atoms with E-state index in [1.54, 1.807) is 0 Å². The molecule has 1 aliphatic heterocycles. The largest absolute Gasteiger partial charge is 0.387 e. The van der Waals surface area contributed by atoms with E-state index in [2.05, 4.69) is 27.1 Å². The highest BCUT2D eigenvalue weighted by molar-refractivity contribution is 5.85. The Morgan fingerprint density at radius 2 is 2.17 bits per heavy atom. The molecule has 128 valence electrons. The third-order valence-electron chi connectivity index (χ3n) is 4.76. The van der Waals surface area contributed by atoms with Crippen LogP contribution in [-0.2, 0) is 11.2 Å². The fourth-order valence-electron chi connectivity index (χ4n) is 3.38. The summed E-state index contributed by atoms with van der Waals surface area (Å²) in [5.41, 5.74) is 2.20. The van der Waals surface area contributed by atoms with Crippen molar-refractivity contribution in [2.45, 2.75) is 39.2 Å². The summed E-state index contributed by atoms with van der Waals surface area (Å²) >= 11 is 0. The molecule has 1 aromatic rings. The standard InChI is InChI=1S/C16H24N4O2.ClH/c1-3-13-10(2)6-17-16(19-13)20-7-12(11-4-5-11)14(8-20)18-15(22)9-21;/h6,11-12,14,21H,3-5,7-9H2,1-2H3,(H,18,22);1H/t12-,14+;/m1./s1. The second-order valence-electron chi connectivity index (χ2n) is 6.39. The first-order valence-corrected chi connectivity index (χ1v) is 8.10. The number of aryl methyl sites for hydroxylation is 2. The molecule has 1 saturated carbocycles. The Bertz CT molecular complexity index is 565. The molecule has 1 amide bonds. The van der Waals surface area contributed by atoms with Crippen LogP contribution in [0.5, 0.6) is 0 Å². The lowest BCUT2D eigenvalue weighted by Gasteiger charge is -2.18. The number of aliphatic hydroxyl groups is 1. The van der Waals surface area contributed by atoms with Gasteiger partial charge in [0, 0.05) is 30.9 Å². The SMILES string of the molecule is CCc1nc(N2C[C@H](NC(=O)CO)[C@@H](C3CC3)C2)ncc1C.Cl. The lowest BCUT2D eigenvalue weighted by Crippen LogP contribution is -2.42. The number of anilines is 1. The van der Waals surface area contributed by atoms with Gasteiger partial charge in [-0.15, -0.1) is 12.4 Å². The zero-order chi connectivity index (χ0) is 15.7. The lowest BCUT2D eigenvalue weighted by atomic mass is 9.98. The van der Waals surface area contributed by atoms with Gasteiger partial charge in [0.1, 0.15) is 6.61 Å². The third kappa shape index (κ3) is 3.93. The van der Waals surface area contributed by atoms with Crippen LogP contribution in [0.2, 0.25) is 0 Å². The van der Waals surface area contributed by atoms with Crippen molar-refractivity contribution in [3.63, 3.8) is 0 Å². The maximum atomic E-state index is 11.5. The predicted molar refractivity (Wildman–Crippen MR) is 90.8 cm³/mol. The highest BCUT2D eigenvalue weighted by atomic mass is 35.5. The summed E-state index contributed by atoms with van der Waals surface area (Å²) in [7, 11) is 0. The Balaban J connectivity index is 0.00000192. The molecule has 23 heavy (non-hydrogen) atoms. The van der Waals surface area contributed by atoms with Crippen molar-refractivity contribution >= 4 is 24.3 Å². The minimum absolute atomic E-state index is 0. The lowest BCUT2D eigenvalue weighted by molar-refractivity contribution is -0.124. The van der Waals surface area contributed by atoms with Crippen LogP contribution in [0.25, 0.3) is 0 Å². The summed E-state index contributed by atoms with van der Waals surface area (Å²) < 4.78 is 0. The normalized spacial score (nSPS) is 23.5. The first-order chi connectivity index (χ1) is 10.6. The van der Waals surface area contributed by atoms with Crippen LogP contribution in [0.15, 0.2) is 6.20 Å². The Morgan fingerprint density at radius 1 is 1.43 bits per heavy atom. The van der Waals surface area contributed by atoms with Gasteiger partial charge in [-0.05, 0) is 37.7 Å². The van der Waals surface area contributed by atoms with Crippen LogP contribution in [0.4, 0.5) is 5.95 Å². The minimum atomic E-state index is -0.450. The van der Waals surface area contributed by atoms with E-state index < -0.39 is 6.61 Å². The van der Waals surface area contributed by atoms with Crippen LogP contribution in [0, 0.1) is 18.8 Å². The summed E-state index contributed by atoms with van der Waals surface area (Å²) in [5, 5.41) is 11.9. The van der Waals surface area contributed by atoms with Gasteiger partial charge in [0.2, 0.25) is 11.9 Å². The highest BCUT2D eigenvalue weighted by Gasteiger charge is 2.43. The quantitative estimate of drug-likeness (QED) is 0.839. The molecule has 1 saturated heterocycles. The maximum absolute atomic E-state index is 11.5. The maximum Gasteiger partial charge on any atom is 0.245 e. The Hall–Kier alpha value is -1.40. The van der Waals surface area contributed by atoms with Gasteiger partial charge in [-0.1, -0.05) is 6.92 Å². The first-order valence-electron chi connectivity index (χ1n) is 8.10. The zero-order valence-electron chi connectivity index (χ0n) is 13.7. The van der Waals surface area contributed by atoms with E-state index in [0.29, 0.717) is 11.8 Å². The van der Waals surface area contributed by atoms with Crippen molar-refractivity contribution in [1.29, 1.82) is 0 Å². The molecule has 0 bridgehead atoms. The van der Waals surface area contributed by atoms with Crippen LogP contribution in [-0.4, -0.2) is 46.7 Å². The third-order valence-corrected chi connectivity index (χ3v) is 4.76. The van der Waals surface area contributed by atoms with E-state index in [0.717, 1.165) is 36.7 Å². The molecule has 1 aliphatic carbocycles. The van der Waals surface area contributed by atoms with Crippen LogP contribution < -0.4 is 10.2 Å². The van der Waals surface area contributed by atoms with Crippen molar-refractivity contribution in [2.75, 3.05) is 24.6 Å². The van der Waals surface area contributed by atoms with Crippen LogP contribution in [0.1, 0.15) is 31.0 Å². The molecule has 2 heterocycles. The molecular formula is C16H25ClN4O2. The molecule has 6 nitrogen and oxygen atoms in total. The van der Waals surface area contributed by atoms with E-state index in [1.807, 2.05) is 13.1 Å². The Morgan fingerprint density at radius 3 is 2.78 bits per heavy atom. The molecule has 7 heteroatoms. The number of hydrogen-bond acceptors (Lipinski definition) is 5. The van der Waals surface area contributed by atoms with Gasteiger partial charge in [0.25, 0.3) is 0 Å². The molecule has 0 spiro atoms. The molecule has 0 aromatic carbocycles. The molecule has 0 radical (unpaired) electrons. The summed E-state index contributed by atoms with van der Waals surface area (Å²) in [5.74, 6) is 1.58. The van der Waals surface area contributed by atoms with Crippen molar-refractivity contribution in [1.82, 2.24) is 15.3 Å². The highest BCUT2D eigenvalue weighted by Crippen LogP contribution is 2.42. The number of nitrogens with zero attached hydrogens (tertiary/aromatic N) is 3. The number of aromatic nitrogens is 2. The van der Waals surface area contributed by atoms with Crippen molar-refractivity contribution in [2.24, 2.45) is 11.8 Å². The van der Waals surface area contributed by atoms with Gasteiger partial charge < -0.3 is 15.3 Å². The van der Waals surface area contributed by atoms with Crippen molar-refractivity contribution < 1.29 is 9.90 Å². The van der Waals surface area contributed by atoms with Gasteiger partial charge in [-0.3, -0.25) is 4.79 Å². The number of nitrogens with one attached hydrogen (secondary N) is 1. The van der Waals surface area contributed by atoms with Gasteiger partial charge in [-0.2, -0.15) is 0 Å². The van der Waals surface area contributed by atoms with Crippen molar-refractivity contribution in [3.8, 4) is 0 Å². The van der Waals surface area contributed by atoms with Crippen LogP contribution >= 0.6 is 12.4 Å². The average molecular weight is 341 g/mol. The molecule has 0 unspecified atom stereocenters. The van der Waals surface area contributed by atoms with Gasteiger partial charge >= 0.3 is 0 Å². The molecule has 2 N–H and O–H groups in total. The average Bonchev–Trinajstić information content (AvgIpc) is 3.29. The second kappa shape index (κ2) is 7.45. The predicted octanol–water partition coefficient (Wildman–Crippen LogP) is 1.09. The van der Waals surface area contributed by atoms with E-state index in [4.69, 9.17) is 5.11 Å². The van der Waals surface area contributed by atoms with E-state index in [1.165, 1.54) is 12.8 Å². The van der Waals surface area contributed by atoms with E-state index in [-0.39, 0.29) is 24.4 Å². The monoisotopic (exact) mass is 340 g/mol. The fourth-order valence-corrected chi connectivity index (χ4v) is 3.38. The second-order valence-corrected chi connectivity index (χ2v) is 6.39. The van der Waals surface area contributed by atoms with Crippen molar-refractivity contribution in [3.05, 3.63) is 17.5 Å². The molecular weight excluding hydrogens is 316 g/mol. The fraction of sp³-hybridized carbons (Fsp3) is 0.688. The number of carbonyl (C=O) groups excluding carboxylic acids is 1. The summed E-state index contributed by atoms with van der Waals surface area (Å²) in [6.07, 6.45) is 5.25. The molecule has 2 aliphatic rings. The Kier molecular flexibility index (Phi) is 5.81. The van der Waals surface area contributed by atoms with Gasteiger partial charge in [-0.25, -0.2) is 9.97 Å². The smallest absolute Gasteiger partial charge is 0.245 e. The topological polar surface area (TPSA) is 78.4 Å². The number of halogens is 1.